The molecule has 0 radical (unpaired) electrons. The quantitative estimate of drug-likeness (QED) is 0.369. The number of carbonyl (C=O) groups is 3. The number of hydrogen-bond acceptors (Lipinski definition) is 5. The largest absolute Gasteiger partial charge is 0.493 e. The van der Waals surface area contributed by atoms with Crippen molar-refractivity contribution >= 4 is 40.7 Å². The molecule has 1 aliphatic heterocycles. The van der Waals surface area contributed by atoms with Crippen LogP contribution in [0.2, 0.25) is 5.02 Å². The fourth-order valence-corrected chi connectivity index (χ4v) is 3.90. The number of rotatable bonds is 8. The summed E-state index contributed by atoms with van der Waals surface area (Å²) in [6.45, 7) is 3.46. The number of fused-ring (bicyclic) bond motifs is 1. The number of methoxy groups -OCH3 is 1. The van der Waals surface area contributed by atoms with E-state index in [1.807, 2.05) is 12.1 Å². The number of nitrogens with one attached hydrogen (secondary N) is 1. The summed E-state index contributed by atoms with van der Waals surface area (Å²) in [6, 6.07) is 16.6. The zero-order valence-corrected chi connectivity index (χ0v) is 19.1. The van der Waals surface area contributed by atoms with E-state index in [1.54, 1.807) is 42.5 Å². The lowest BCUT2D eigenvalue weighted by atomic mass is 10.1. The second-order valence-corrected chi connectivity index (χ2v) is 7.88. The first-order chi connectivity index (χ1) is 16.4. The summed E-state index contributed by atoms with van der Waals surface area (Å²) in [6.07, 6.45) is 2.47. The van der Waals surface area contributed by atoms with Crippen molar-refractivity contribution in [2.75, 3.05) is 23.9 Å². The Morgan fingerprint density at radius 3 is 2.35 bits per heavy atom. The van der Waals surface area contributed by atoms with Crippen LogP contribution in [0.3, 0.4) is 0 Å². The van der Waals surface area contributed by atoms with Gasteiger partial charge in [-0.25, -0.2) is 4.90 Å². The summed E-state index contributed by atoms with van der Waals surface area (Å²) in [5.74, 6) is -0.354. The van der Waals surface area contributed by atoms with E-state index in [9.17, 15) is 14.4 Å². The summed E-state index contributed by atoms with van der Waals surface area (Å²) in [4.78, 5) is 38.8. The topological polar surface area (TPSA) is 84.9 Å². The predicted octanol–water partition coefficient (Wildman–Crippen LogP) is 4.90. The number of imide groups is 1. The third-order valence-electron chi connectivity index (χ3n) is 5.23. The monoisotopic (exact) mass is 476 g/mol. The molecule has 0 aliphatic carbocycles. The molecule has 172 valence electrons. The van der Waals surface area contributed by atoms with E-state index in [0.717, 1.165) is 10.5 Å². The van der Waals surface area contributed by atoms with Crippen LogP contribution in [0.25, 0.3) is 0 Å². The molecule has 0 saturated carbocycles. The minimum Gasteiger partial charge on any atom is -0.493 e. The van der Waals surface area contributed by atoms with E-state index >= 15 is 0 Å². The third kappa shape index (κ3) is 4.51. The standard InChI is InChI=1S/C26H21ClN2O5/c1-3-6-16-9-12-22(23(13-16)33-2)34-15-24(30)28-17-10-11-21(20(27)14-17)29-25(31)18-7-4-5-8-19(18)26(29)32/h3-5,7-14H,1,6,15H2,2H3,(H,28,30). The maximum atomic E-state index is 12.7. The molecule has 1 N–H and O–H groups in total. The number of anilines is 2. The number of nitrogens with zero attached hydrogens (tertiary/aromatic N) is 1. The summed E-state index contributed by atoms with van der Waals surface area (Å²) in [7, 11) is 1.53. The number of carbonyl (C=O) groups excluding carboxylic acids is 3. The van der Waals surface area contributed by atoms with Gasteiger partial charge in [-0.3, -0.25) is 14.4 Å². The number of benzene rings is 3. The second-order valence-electron chi connectivity index (χ2n) is 7.47. The minimum atomic E-state index is -0.444. The van der Waals surface area contributed by atoms with Crippen molar-refractivity contribution in [3.63, 3.8) is 0 Å². The van der Waals surface area contributed by atoms with E-state index < -0.39 is 17.7 Å². The first kappa shape index (κ1) is 23.1. The van der Waals surface area contributed by atoms with Gasteiger partial charge >= 0.3 is 0 Å². The Balaban J connectivity index is 1.42. The molecule has 8 heteroatoms. The van der Waals surface area contributed by atoms with E-state index in [1.165, 1.54) is 19.2 Å². The molecule has 3 amide bonds. The molecule has 0 fully saturated rings. The Kier molecular flexibility index (Phi) is 6.65. The van der Waals surface area contributed by atoms with Gasteiger partial charge in [0.05, 0.1) is 28.9 Å². The van der Waals surface area contributed by atoms with E-state index in [2.05, 4.69) is 11.9 Å². The summed E-state index contributed by atoms with van der Waals surface area (Å²) in [5, 5.41) is 2.83. The number of hydrogen-bond donors (Lipinski definition) is 1. The lowest BCUT2D eigenvalue weighted by molar-refractivity contribution is -0.118. The van der Waals surface area contributed by atoms with Crippen LogP contribution < -0.4 is 19.7 Å². The van der Waals surface area contributed by atoms with Crippen molar-refractivity contribution in [2.45, 2.75) is 6.42 Å². The van der Waals surface area contributed by atoms with Crippen LogP contribution in [-0.4, -0.2) is 31.4 Å². The molecule has 7 nitrogen and oxygen atoms in total. The highest BCUT2D eigenvalue weighted by Crippen LogP contribution is 2.35. The molecular weight excluding hydrogens is 456 g/mol. The highest BCUT2D eigenvalue weighted by atomic mass is 35.5. The highest BCUT2D eigenvalue weighted by Gasteiger charge is 2.37. The molecule has 1 heterocycles. The van der Waals surface area contributed by atoms with Crippen LogP contribution in [-0.2, 0) is 11.2 Å². The molecule has 1 aliphatic rings. The Morgan fingerprint density at radius 1 is 1.03 bits per heavy atom. The second kappa shape index (κ2) is 9.80. The molecular formula is C26H21ClN2O5. The molecule has 0 aromatic heterocycles. The first-order valence-electron chi connectivity index (χ1n) is 10.4. The molecule has 0 unspecified atom stereocenters. The van der Waals surface area contributed by atoms with Crippen molar-refractivity contribution < 1.29 is 23.9 Å². The van der Waals surface area contributed by atoms with Crippen LogP contribution >= 0.6 is 11.6 Å². The van der Waals surface area contributed by atoms with Crippen LogP contribution in [0.15, 0.2) is 73.3 Å². The molecule has 0 saturated heterocycles. The summed E-state index contributed by atoms with van der Waals surface area (Å²) in [5.41, 5.74) is 2.30. The zero-order chi connectivity index (χ0) is 24.2. The summed E-state index contributed by atoms with van der Waals surface area (Å²) < 4.78 is 10.9. The Hall–Kier alpha value is -4.10. The fourth-order valence-electron chi connectivity index (χ4n) is 3.64. The first-order valence-corrected chi connectivity index (χ1v) is 10.8. The van der Waals surface area contributed by atoms with Gasteiger partial charge in [0.15, 0.2) is 18.1 Å². The van der Waals surface area contributed by atoms with Gasteiger partial charge in [0.1, 0.15) is 0 Å². The SMILES string of the molecule is C=CCc1ccc(OCC(=O)Nc2ccc(N3C(=O)c4ccccc4C3=O)c(Cl)c2)c(OC)c1. The molecule has 3 aromatic carbocycles. The number of ether oxygens (including phenoxy) is 2. The van der Waals surface area contributed by atoms with Crippen molar-refractivity contribution in [1.29, 1.82) is 0 Å². The van der Waals surface area contributed by atoms with Gasteiger partial charge in [0.2, 0.25) is 0 Å². The Morgan fingerprint density at radius 2 is 1.74 bits per heavy atom. The van der Waals surface area contributed by atoms with Gasteiger partial charge in [-0.15, -0.1) is 6.58 Å². The van der Waals surface area contributed by atoms with Gasteiger partial charge in [-0.05, 0) is 54.4 Å². The molecule has 0 spiro atoms. The van der Waals surface area contributed by atoms with Gasteiger partial charge in [-0.2, -0.15) is 0 Å². The maximum Gasteiger partial charge on any atom is 0.266 e. The predicted molar refractivity (Wildman–Crippen MR) is 130 cm³/mol. The number of allylic oxidation sites excluding steroid dienone is 1. The van der Waals surface area contributed by atoms with Crippen LogP contribution in [0.5, 0.6) is 11.5 Å². The van der Waals surface area contributed by atoms with Gasteiger partial charge in [0, 0.05) is 5.69 Å². The van der Waals surface area contributed by atoms with Crippen molar-refractivity contribution in [1.82, 2.24) is 0 Å². The van der Waals surface area contributed by atoms with Crippen LogP contribution in [0.4, 0.5) is 11.4 Å². The summed E-state index contributed by atoms with van der Waals surface area (Å²) >= 11 is 6.37. The number of amides is 3. The Bertz CT molecular complexity index is 1270. The van der Waals surface area contributed by atoms with Gasteiger partial charge < -0.3 is 14.8 Å². The molecule has 0 bridgehead atoms. The number of halogens is 1. The fraction of sp³-hybridized carbons (Fsp3) is 0.115. The lowest BCUT2D eigenvalue weighted by Crippen LogP contribution is -2.29. The minimum absolute atomic E-state index is 0.146. The van der Waals surface area contributed by atoms with E-state index in [0.29, 0.717) is 34.7 Å². The molecule has 4 rings (SSSR count). The zero-order valence-electron chi connectivity index (χ0n) is 18.3. The van der Waals surface area contributed by atoms with Gasteiger partial charge in [-0.1, -0.05) is 35.9 Å². The normalized spacial score (nSPS) is 12.4. The smallest absolute Gasteiger partial charge is 0.266 e. The van der Waals surface area contributed by atoms with E-state index in [-0.39, 0.29) is 17.3 Å². The Labute approximate surface area is 201 Å². The van der Waals surface area contributed by atoms with Crippen LogP contribution in [0, 0.1) is 0 Å². The lowest BCUT2D eigenvalue weighted by Gasteiger charge is -2.17. The average molecular weight is 477 g/mol. The molecule has 0 atom stereocenters. The maximum absolute atomic E-state index is 12.7. The molecule has 34 heavy (non-hydrogen) atoms. The van der Waals surface area contributed by atoms with Crippen molar-refractivity contribution in [3.8, 4) is 11.5 Å². The molecule has 3 aromatic rings. The van der Waals surface area contributed by atoms with Gasteiger partial charge in [0.25, 0.3) is 17.7 Å². The van der Waals surface area contributed by atoms with Crippen molar-refractivity contribution in [3.05, 3.63) is 95.0 Å². The van der Waals surface area contributed by atoms with Crippen molar-refractivity contribution in [2.24, 2.45) is 0 Å². The van der Waals surface area contributed by atoms with Crippen LogP contribution in [0.1, 0.15) is 26.3 Å². The third-order valence-corrected chi connectivity index (χ3v) is 5.54. The average Bonchev–Trinajstić information content (AvgIpc) is 3.08. The van der Waals surface area contributed by atoms with E-state index in [4.69, 9.17) is 21.1 Å². The highest BCUT2D eigenvalue weighted by molar-refractivity contribution is 6.40.